The zero-order chi connectivity index (χ0) is 21.6. The highest BCUT2D eigenvalue weighted by molar-refractivity contribution is 7.18. The van der Waals surface area contributed by atoms with Crippen molar-refractivity contribution in [1.82, 2.24) is 4.90 Å². The maximum atomic E-state index is 12.5. The second-order valence-electron chi connectivity index (χ2n) is 7.02. The summed E-state index contributed by atoms with van der Waals surface area (Å²) < 4.78 is 15.9. The summed E-state index contributed by atoms with van der Waals surface area (Å²) in [6, 6.07) is 0. The molecule has 0 aromatic carbocycles. The molecule has 0 saturated carbocycles. The van der Waals surface area contributed by atoms with Gasteiger partial charge in [-0.25, -0.2) is 9.59 Å². The van der Waals surface area contributed by atoms with Gasteiger partial charge in [-0.1, -0.05) is 0 Å². The van der Waals surface area contributed by atoms with Crippen LogP contribution in [0.5, 0.6) is 0 Å². The summed E-state index contributed by atoms with van der Waals surface area (Å²) in [6.45, 7) is 11.7. The van der Waals surface area contributed by atoms with Crippen molar-refractivity contribution in [1.29, 1.82) is 0 Å². The van der Waals surface area contributed by atoms with E-state index in [1.807, 2.05) is 13.8 Å². The van der Waals surface area contributed by atoms with Crippen molar-refractivity contribution in [3.05, 3.63) is 16.0 Å². The molecule has 2 heterocycles. The number of morpholine rings is 1. The lowest BCUT2D eigenvalue weighted by Crippen LogP contribution is -2.46. The minimum atomic E-state index is -0.567. The van der Waals surface area contributed by atoms with Gasteiger partial charge in [0.15, 0.2) is 0 Å². The van der Waals surface area contributed by atoms with E-state index in [4.69, 9.17) is 14.2 Å². The minimum absolute atomic E-state index is 0.129. The lowest BCUT2D eigenvalue weighted by molar-refractivity contribution is -0.117. The molecule has 1 aromatic rings. The lowest BCUT2D eigenvalue weighted by atomic mass is 10.1. The number of nitrogens with one attached hydrogen (secondary N) is 1. The molecule has 2 rings (SSSR count). The number of hydrogen-bond acceptors (Lipinski definition) is 8. The van der Waals surface area contributed by atoms with Crippen LogP contribution in [0.1, 0.15) is 59.7 Å². The van der Waals surface area contributed by atoms with Crippen molar-refractivity contribution in [2.75, 3.05) is 38.2 Å². The van der Waals surface area contributed by atoms with Gasteiger partial charge in [0.25, 0.3) is 0 Å². The van der Waals surface area contributed by atoms with E-state index in [0.717, 1.165) is 24.4 Å². The molecule has 2 atom stereocenters. The van der Waals surface area contributed by atoms with E-state index in [-0.39, 0.29) is 43.3 Å². The van der Waals surface area contributed by atoms with Crippen molar-refractivity contribution in [2.24, 2.45) is 0 Å². The van der Waals surface area contributed by atoms with Crippen LogP contribution in [-0.2, 0) is 19.0 Å². The molecule has 1 aliphatic rings. The Hall–Kier alpha value is -1.97. The molecular formula is C20H30N2O6S. The summed E-state index contributed by atoms with van der Waals surface area (Å²) in [5.74, 6) is -1.31. The number of amides is 1. The largest absolute Gasteiger partial charge is 0.462 e. The summed E-state index contributed by atoms with van der Waals surface area (Å²) in [7, 11) is 0. The van der Waals surface area contributed by atoms with Crippen molar-refractivity contribution in [3.63, 3.8) is 0 Å². The second-order valence-corrected chi connectivity index (χ2v) is 8.04. The molecule has 29 heavy (non-hydrogen) atoms. The monoisotopic (exact) mass is 426 g/mol. The van der Waals surface area contributed by atoms with E-state index in [0.29, 0.717) is 22.0 Å². The number of carbonyl (C=O) groups excluding carboxylic acids is 3. The Morgan fingerprint density at radius 1 is 1.10 bits per heavy atom. The Labute approximate surface area is 175 Å². The van der Waals surface area contributed by atoms with E-state index >= 15 is 0 Å². The SMILES string of the molecule is CCOC(=O)c1sc(NC(=O)CCN2C[C@@H](C)O[C@@H](C)C2)c(C(=O)OCC)c1C. The first-order valence-corrected chi connectivity index (χ1v) is 10.7. The van der Waals surface area contributed by atoms with E-state index in [1.54, 1.807) is 20.8 Å². The molecule has 1 aliphatic heterocycles. The molecule has 1 aromatic heterocycles. The first-order valence-electron chi connectivity index (χ1n) is 9.92. The molecule has 1 saturated heterocycles. The number of hydrogen-bond donors (Lipinski definition) is 1. The van der Waals surface area contributed by atoms with Gasteiger partial charge in [-0.05, 0) is 40.2 Å². The third kappa shape index (κ3) is 6.25. The number of ether oxygens (including phenoxy) is 3. The Morgan fingerprint density at radius 2 is 1.69 bits per heavy atom. The molecule has 9 heteroatoms. The Kier molecular flexibility index (Phi) is 8.60. The van der Waals surface area contributed by atoms with Crippen molar-refractivity contribution in [3.8, 4) is 0 Å². The molecule has 0 spiro atoms. The summed E-state index contributed by atoms with van der Waals surface area (Å²) in [5, 5.41) is 3.10. The fourth-order valence-corrected chi connectivity index (χ4v) is 4.46. The lowest BCUT2D eigenvalue weighted by Gasteiger charge is -2.35. The van der Waals surface area contributed by atoms with Gasteiger partial charge < -0.3 is 19.5 Å². The smallest absolute Gasteiger partial charge is 0.348 e. The van der Waals surface area contributed by atoms with Gasteiger partial charge in [0, 0.05) is 26.1 Å². The van der Waals surface area contributed by atoms with Crippen LogP contribution in [0.3, 0.4) is 0 Å². The highest BCUT2D eigenvalue weighted by atomic mass is 32.1. The first-order chi connectivity index (χ1) is 13.8. The number of esters is 2. The zero-order valence-electron chi connectivity index (χ0n) is 17.7. The van der Waals surface area contributed by atoms with Crippen molar-refractivity contribution >= 4 is 34.2 Å². The van der Waals surface area contributed by atoms with Gasteiger partial charge in [0.2, 0.25) is 5.91 Å². The first kappa shape index (κ1) is 23.3. The maximum absolute atomic E-state index is 12.5. The fourth-order valence-electron chi connectivity index (χ4n) is 3.36. The number of rotatable bonds is 8. The van der Waals surface area contributed by atoms with E-state index in [1.165, 1.54) is 0 Å². The van der Waals surface area contributed by atoms with Crippen LogP contribution in [-0.4, -0.2) is 67.8 Å². The third-order valence-electron chi connectivity index (χ3n) is 4.49. The second kappa shape index (κ2) is 10.7. The van der Waals surface area contributed by atoms with Crippen LogP contribution in [0.2, 0.25) is 0 Å². The normalized spacial score (nSPS) is 19.6. The molecule has 8 nitrogen and oxygen atoms in total. The molecule has 1 fully saturated rings. The van der Waals surface area contributed by atoms with Gasteiger partial charge in [-0.15, -0.1) is 11.3 Å². The molecule has 0 unspecified atom stereocenters. The quantitative estimate of drug-likeness (QED) is 0.639. The Morgan fingerprint density at radius 3 is 2.28 bits per heavy atom. The minimum Gasteiger partial charge on any atom is -0.462 e. The third-order valence-corrected chi connectivity index (χ3v) is 5.68. The van der Waals surface area contributed by atoms with Gasteiger partial charge in [-0.3, -0.25) is 9.69 Å². The highest BCUT2D eigenvalue weighted by Gasteiger charge is 2.28. The summed E-state index contributed by atoms with van der Waals surface area (Å²) >= 11 is 1.04. The highest BCUT2D eigenvalue weighted by Crippen LogP contribution is 2.34. The van der Waals surface area contributed by atoms with Crippen LogP contribution in [0.25, 0.3) is 0 Å². The fraction of sp³-hybridized carbons (Fsp3) is 0.650. The van der Waals surface area contributed by atoms with Crippen molar-refractivity contribution in [2.45, 2.75) is 53.2 Å². The van der Waals surface area contributed by atoms with E-state index in [9.17, 15) is 14.4 Å². The summed E-state index contributed by atoms with van der Waals surface area (Å²) in [4.78, 5) is 39.6. The van der Waals surface area contributed by atoms with Crippen LogP contribution in [0.4, 0.5) is 5.00 Å². The van der Waals surface area contributed by atoms with Crippen LogP contribution in [0, 0.1) is 6.92 Å². The Balaban J connectivity index is 2.11. The number of carbonyl (C=O) groups is 3. The molecule has 162 valence electrons. The van der Waals surface area contributed by atoms with Crippen molar-refractivity contribution < 1.29 is 28.6 Å². The molecule has 0 radical (unpaired) electrons. The maximum Gasteiger partial charge on any atom is 0.348 e. The number of anilines is 1. The molecular weight excluding hydrogens is 396 g/mol. The molecule has 1 N–H and O–H groups in total. The number of nitrogens with zero attached hydrogens (tertiary/aromatic N) is 1. The van der Waals surface area contributed by atoms with Gasteiger partial charge in [0.1, 0.15) is 9.88 Å². The van der Waals surface area contributed by atoms with Gasteiger partial charge in [0.05, 0.1) is 31.0 Å². The van der Waals surface area contributed by atoms with Gasteiger partial charge >= 0.3 is 11.9 Å². The zero-order valence-corrected chi connectivity index (χ0v) is 18.5. The standard InChI is InChI=1S/C20H30N2O6S/c1-6-26-19(24)16-14(5)17(20(25)27-7-2)29-18(16)21-15(23)8-9-22-10-12(3)28-13(4)11-22/h12-13H,6-11H2,1-5H3,(H,21,23)/t12-,13+. The summed E-state index contributed by atoms with van der Waals surface area (Å²) in [6.07, 6.45) is 0.529. The Bertz CT molecular complexity index is 738. The van der Waals surface area contributed by atoms with Gasteiger partial charge in [-0.2, -0.15) is 0 Å². The molecule has 0 bridgehead atoms. The average Bonchev–Trinajstić information content (AvgIpc) is 2.95. The van der Waals surface area contributed by atoms with Crippen LogP contribution >= 0.6 is 11.3 Å². The average molecular weight is 427 g/mol. The predicted octanol–water partition coefficient (Wildman–Crippen LogP) is 2.85. The molecule has 1 amide bonds. The van der Waals surface area contributed by atoms with Crippen LogP contribution in [0.15, 0.2) is 0 Å². The summed E-state index contributed by atoms with van der Waals surface area (Å²) in [5.41, 5.74) is 0.667. The van der Waals surface area contributed by atoms with E-state index < -0.39 is 11.9 Å². The topological polar surface area (TPSA) is 94.2 Å². The van der Waals surface area contributed by atoms with Crippen LogP contribution < -0.4 is 5.32 Å². The predicted molar refractivity (Wildman–Crippen MR) is 111 cm³/mol. The molecule has 0 aliphatic carbocycles. The van der Waals surface area contributed by atoms with E-state index in [2.05, 4.69) is 10.2 Å². The number of thiophene rings is 1.